The Balaban J connectivity index is 2.22. The van der Waals surface area contributed by atoms with E-state index in [1.807, 2.05) is 0 Å². The average molecular weight is 379 g/mol. The summed E-state index contributed by atoms with van der Waals surface area (Å²) in [5.74, 6) is -0.961. The summed E-state index contributed by atoms with van der Waals surface area (Å²) in [4.78, 5) is 35.9. The molecule has 7 heteroatoms. The van der Waals surface area contributed by atoms with E-state index in [0.717, 1.165) is 0 Å². The SMILES string of the molecule is COC(=O)c1ccccc1NC(=O)Cn1cc(Br)cc(C)c1=O. The van der Waals surface area contributed by atoms with Crippen LogP contribution in [0.1, 0.15) is 15.9 Å². The lowest BCUT2D eigenvalue weighted by Crippen LogP contribution is -2.28. The summed E-state index contributed by atoms with van der Waals surface area (Å²) in [6.07, 6.45) is 1.54. The van der Waals surface area contributed by atoms with Gasteiger partial charge in [-0.3, -0.25) is 9.59 Å². The summed E-state index contributed by atoms with van der Waals surface area (Å²) >= 11 is 3.29. The third-order valence-corrected chi connectivity index (χ3v) is 3.59. The summed E-state index contributed by atoms with van der Waals surface area (Å²) in [6.45, 7) is 1.52. The molecule has 0 unspecified atom stereocenters. The zero-order chi connectivity index (χ0) is 17.0. The first-order chi connectivity index (χ1) is 10.9. The number of para-hydroxylation sites is 1. The normalized spacial score (nSPS) is 10.2. The van der Waals surface area contributed by atoms with Gasteiger partial charge in [-0.05, 0) is 41.1 Å². The molecule has 120 valence electrons. The van der Waals surface area contributed by atoms with Crippen molar-refractivity contribution in [3.63, 3.8) is 0 Å². The fourth-order valence-corrected chi connectivity index (χ4v) is 2.67. The number of anilines is 1. The minimum Gasteiger partial charge on any atom is -0.465 e. The number of carbonyl (C=O) groups is 2. The maximum absolute atomic E-state index is 12.2. The number of esters is 1. The number of methoxy groups -OCH3 is 1. The second-order valence-electron chi connectivity index (χ2n) is 4.86. The number of ether oxygens (including phenoxy) is 1. The molecule has 0 saturated heterocycles. The number of carbonyl (C=O) groups excluding carboxylic acids is 2. The number of rotatable bonds is 4. The molecule has 1 heterocycles. The molecule has 0 radical (unpaired) electrons. The smallest absolute Gasteiger partial charge is 0.339 e. The van der Waals surface area contributed by atoms with Gasteiger partial charge in [0, 0.05) is 16.2 Å². The van der Waals surface area contributed by atoms with Crippen LogP contribution in [0.2, 0.25) is 0 Å². The van der Waals surface area contributed by atoms with Crippen LogP contribution in [0.25, 0.3) is 0 Å². The van der Waals surface area contributed by atoms with Gasteiger partial charge >= 0.3 is 5.97 Å². The number of aryl methyl sites for hydroxylation is 1. The Morgan fingerprint density at radius 1 is 1.30 bits per heavy atom. The standard InChI is InChI=1S/C16H15BrN2O4/c1-10-7-11(17)8-19(15(10)21)9-14(20)18-13-6-4-3-5-12(13)16(22)23-2/h3-8H,9H2,1-2H3,(H,18,20). The van der Waals surface area contributed by atoms with Crippen LogP contribution in [0.15, 0.2) is 45.8 Å². The van der Waals surface area contributed by atoms with Crippen molar-refractivity contribution >= 4 is 33.5 Å². The van der Waals surface area contributed by atoms with E-state index in [-0.39, 0.29) is 17.7 Å². The van der Waals surface area contributed by atoms with E-state index in [2.05, 4.69) is 26.0 Å². The number of pyridine rings is 1. The molecule has 0 fully saturated rings. The van der Waals surface area contributed by atoms with Crippen molar-refractivity contribution in [1.29, 1.82) is 0 Å². The molecule has 23 heavy (non-hydrogen) atoms. The van der Waals surface area contributed by atoms with Gasteiger partial charge in [-0.25, -0.2) is 4.79 Å². The first kappa shape index (κ1) is 17.0. The minimum absolute atomic E-state index is 0.158. The summed E-state index contributed by atoms with van der Waals surface area (Å²) < 4.78 is 6.68. The molecule has 0 aliphatic carbocycles. The summed E-state index contributed by atoms with van der Waals surface area (Å²) in [7, 11) is 1.27. The number of nitrogens with one attached hydrogen (secondary N) is 1. The summed E-state index contributed by atoms with van der Waals surface area (Å²) in [6, 6.07) is 8.20. The van der Waals surface area contributed by atoms with Gasteiger partial charge in [-0.2, -0.15) is 0 Å². The van der Waals surface area contributed by atoms with Gasteiger partial charge in [0.25, 0.3) is 5.56 Å². The van der Waals surface area contributed by atoms with Gasteiger partial charge in [-0.15, -0.1) is 0 Å². The van der Waals surface area contributed by atoms with Gasteiger partial charge in [0.2, 0.25) is 5.91 Å². The number of benzene rings is 1. The van der Waals surface area contributed by atoms with Gasteiger partial charge < -0.3 is 14.6 Å². The first-order valence-electron chi connectivity index (χ1n) is 6.76. The van der Waals surface area contributed by atoms with E-state index in [9.17, 15) is 14.4 Å². The maximum Gasteiger partial charge on any atom is 0.339 e. The first-order valence-corrected chi connectivity index (χ1v) is 7.55. The molecule has 1 aromatic heterocycles. The molecule has 1 amide bonds. The predicted molar refractivity (Wildman–Crippen MR) is 89.6 cm³/mol. The second kappa shape index (κ2) is 7.23. The number of hydrogen-bond donors (Lipinski definition) is 1. The molecule has 0 aliphatic rings. The number of hydrogen-bond acceptors (Lipinski definition) is 4. The number of aromatic nitrogens is 1. The van der Waals surface area contributed by atoms with Crippen molar-refractivity contribution in [3.8, 4) is 0 Å². The fraction of sp³-hybridized carbons (Fsp3) is 0.188. The van der Waals surface area contributed by atoms with E-state index in [1.165, 1.54) is 11.7 Å². The molecular formula is C16H15BrN2O4. The van der Waals surface area contributed by atoms with Crippen LogP contribution in [0.3, 0.4) is 0 Å². The Hall–Kier alpha value is -2.41. The molecule has 1 aromatic carbocycles. The highest BCUT2D eigenvalue weighted by molar-refractivity contribution is 9.10. The van der Waals surface area contributed by atoms with Crippen molar-refractivity contribution in [3.05, 3.63) is 62.5 Å². The highest BCUT2D eigenvalue weighted by Crippen LogP contribution is 2.16. The van der Waals surface area contributed by atoms with Crippen molar-refractivity contribution < 1.29 is 14.3 Å². The molecular weight excluding hydrogens is 364 g/mol. The zero-order valence-electron chi connectivity index (χ0n) is 12.6. The Morgan fingerprint density at radius 2 is 2.00 bits per heavy atom. The van der Waals surface area contributed by atoms with Gasteiger partial charge in [0.1, 0.15) is 6.54 Å². The lowest BCUT2D eigenvalue weighted by atomic mass is 10.2. The molecule has 6 nitrogen and oxygen atoms in total. The van der Waals surface area contributed by atoms with Crippen LogP contribution in [0.4, 0.5) is 5.69 Å². The third kappa shape index (κ3) is 4.07. The molecule has 2 rings (SSSR count). The minimum atomic E-state index is -0.545. The monoisotopic (exact) mass is 378 g/mol. The van der Waals surface area contributed by atoms with Crippen molar-refractivity contribution in [1.82, 2.24) is 4.57 Å². The Bertz CT molecular complexity index is 814. The predicted octanol–water partition coefficient (Wildman–Crippen LogP) is 2.34. The van der Waals surface area contributed by atoms with E-state index in [0.29, 0.717) is 15.7 Å². The molecule has 1 N–H and O–H groups in total. The summed E-state index contributed by atoms with van der Waals surface area (Å²) in [5, 5.41) is 2.63. The van der Waals surface area contributed by atoms with Crippen LogP contribution in [-0.4, -0.2) is 23.6 Å². The topological polar surface area (TPSA) is 77.4 Å². The number of halogens is 1. The third-order valence-electron chi connectivity index (χ3n) is 3.15. The fourth-order valence-electron chi connectivity index (χ4n) is 2.08. The van der Waals surface area contributed by atoms with Crippen LogP contribution in [0, 0.1) is 6.92 Å². The molecule has 0 spiro atoms. The Kier molecular flexibility index (Phi) is 5.33. The second-order valence-corrected chi connectivity index (χ2v) is 5.78. The van der Waals surface area contributed by atoms with Crippen LogP contribution in [0.5, 0.6) is 0 Å². The van der Waals surface area contributed by atoms with E-state index >= 15 is 0 Å². The quantitative estimate of drug-likeness (QED) is 0.828. The van der Waals surface area contributed by atoms with E-state index < -0.39 is 11.9 Å². The van der Waals surface area contributed by atoms with Crippen molar-refractivity contribution in [2.75, 3.05) is 12.4 Å². The Morgan fingerprint density at radius 3 is 2.70 bits per heavy atom. The highest BCUT2D eigenvalue weighted by Gasteiger charge is 2.14. The van der Waals surface area contributed by atoms with Crippen LogP contribution in [-0.2, 0) is 16.1 Å². The molecule has 0 bridgehead atoms. The van der Waals surface area contributed by atoms with E-state index in [1.54, 1.807) is 43.5 Å². The molecule has 2 aromatic rings. The molecule has 0 saturated carbocycles. The number of nitrogens with zero attached hydrogens (tertiary/aromatic N) is 1. The average Bonchev–Trinajstić information content (AvgIpc) is 2.51. The summed E-state index contributed by atoms with van der Waals surface area (Å²) in [5.41, 5.74) is 0.872. The van der Waals surface area contributed by atoms with Crippen molar-refractivity contribution in [2.24, 2.45) is 0 Å². The van der Waals surface area contributed by atoms with Gasteiger partial charge in [-0.1, -0.05) is 12.1 Å². The van der Waals surface area contributed by atoms with E-state index in [4.69, 9.17) is 0 Å². The largest absolute Gasteiger partial charge is 0.465 e. The Labute approximate surface area is 141 Å². The molecule has 0 atom stereocenters. The molecule has 0 aliphatic heterocycles. The lowest BCUT2D eigenvalue weighted by molar-refractivity contribution is -0.116. The number of amides is 1. The maximum atomic E-state index is 12.2. The van der Waals surface area contributed by atoms with Gasteiger partial charge in [0.15, 0.2) is 0 Å². The van der Waals surface area contributed by atoms with Crippen LogP contribution >= 0.6 is 15.9 Å². The zero-order valence-corrected chi connectivity index (χ0v) is 14.2. The highest BCUT2D eigenvalue weighted by atomic mass is 79.9. The van der Waals surface area contributed by atoms with Crippen molar-refractivity contribution in [2.45, 2.75) is 13.5 Å². The van der Waals surface area contributed by atoms with Crippen LogP contribution < -0.4 is 10.9 Å². The van der Waals surface area contributed by atoms with Gasteiger partial charge in [0.05, 0.1) is 18.4 Å². The lowest BCUT2D eigenvalue weighted by Gasteiger charge is -2.11.